The number of anilines is 1. The zero-order valence-electron chi connectivity index (χ0n) is 13.4. The quantitative estimate of drug-likeness (QED) is 0.815. The van der Waals surface area contributed by atoms with Gasteiger partial charge in [-0.2, -0.15) is 5.26 Å². The fourth-order valence-corrected chi connectivity index (χ4v) is 2.94. The van der Waals surface area contributed by atoms with Gasteiger partial charge in [-0.3, -0.25) is 4.90 Å². The Labute approximate surface area is 141 Å². The van der Waals surface area contributed by atoms with Crippen molar-refractivity contribution in [1.82, 2.24) is 4.90 Å². The SMILES string of the molecule is C#Cc1ccc(CN2CCN(c3ccc(C#N)cc3F)CC2)cc1. The molecule has 0 saturated carbocycles. The van der Waals surface area contributed by atoms with Crippen LogP contribution in [0.5, 0.6) is 0 Å². The number of terminal acetylenes is 1. The summed E-state index contributed by atoms with van der Waals surface area (Å²) in [6, 6.07) is 14.6. The van der Waals surface area contributed by atoms with E-state index in [1.165, 1.54) is 11.6 Å². The smallest absolute Gasteiger partial charge is 0.147 e. The zero-order chi connectivity index (χ0) is 16.9. The van der Waals surface area contributed by atoms with E-state index in [0.717, 1.165) is 38.3 Å². The first-order valence-electron chi connectivity index (χ1n) is 7.92. The van der Waals surface area contributed by atoms with Crippen molar-refractivity contribution in [2.45, 2.75) is 6.54 Å². The van der Waals surface area contributed by atoms with Crippen LogP contribution in [0.2, 0.25) is 0 Å². The molecule has 0 bridgehead atoms. The summed E-state index contributed by atoms with van der Waals surface area (Å²) in [4.78, 5) is 4.39. The van der Waals surface area contributed by atoms with Gasteiger partial charge in [0.05, 0.1) is 17.3 Å². The van der Waals surface area contributed by atoms with E-state index in [-0.39, 0.29) is 5.82 Å². The van der Waals surface area contributed by atoms with Gasteiger partial charge in [0, 0.05) is 38.3 Å². The molecule has 3 nitrogen and oxygen atoms in total. The van der Waals surface area contributed by atoms with Crippen LogP contribution >= 0.6 is 0 Å². The first kappa shape index (κ1) is 16.1. The second kappa shape index (κ2) is 7.17. The Bertz CT molecular complexity index is 791. The number of rotatable bonds is 3. The van der Waals surface area contributed by atoms with Gasteiger partial charge in [-0.15, -0.1) is 6.42 Å². The minimum absolute atomic E-state index is 0.327. The molecule has 0 spiro atoms. The second-order valence-electron chi connectivity index (χ2n) is 5.88. The highest BCUT2D eigenvalue weighted by molar-refractivity contribution is 5.51. The highest BCUT2D eigenvalue weighted by atomic mass is 19.1. The van der Waals surface area contributed by atoms with E-state index in [1.807, 2.05) is 23.1 Å². The summed E-state index contributed by atoms with van der Waals surface area (Å²) in [5.74, 6) is 2.29. The van der Waals surface area contributed by atoms with Crippen molar-refractivity contribution < 1.29 is 4.39 Å². The Balaban J connectivity index is 1.59. The Morgan fingerprint density at radius 3 is 2.25 bits per heavy atom. The molecule has 1 fully saturated rings. The molecule has 1 aliphatic heterocycles. The van der Waals surface area contributed by atoms with Crippen molar-refractivity contribution in [2.75, 3.05) is 31.1 Å². The van der Waals surface area contributed by atoms with Gasteiger partial charge in [0.1, 0.15) is 5.82 Å². The van der Waals surface area contributed by atoms with Crippen molar-refractivity contribution in [2.24, 2.45) is 0 Å². The third-order valence-electron chi connectivity index (χ3n) is 4.32. The number of piperazine rings is 1. The number of hydrogen-bond acceptors (Lipinski definition) is 3. The first-order valence-corrected chi connectivity index (χ1v) is 7.92. The molecule has 2 aromatic rings. The van der Waals surface area contributed by atoms with Gasteiger partial charge in [0.2, 0.25) is 0 Å². The molecule has 1 heterocycles. The van der Waals surface area contributed by atoms with E-state index in [9.17, 15) is 4.39 Å². The average molecular weight is 319 g/mol. The lowest BCUT2D eigenvalue weighted by Gasteiger charge is -2.36. The fraction of sp³-hybridized carbons (Fsp3) is 0.250. The Hall–Kier alpha value is -2.82. The molecule has 0 amide bonds. The number of benzene rings is 2. The van der Waals surface area contributed by atoms with Gasteiger partial charge < -0.3 is 4.90 Å². The van der Waals surface area contributed by atoms with Crippen molar-refractivity contribution in [3.63, 3.8) is 0 Å². The van der Waals surface area contributed by atoms with Crippen molar-refractivity contribution >= 4 is 5.69 Å². The third kappa shape index (κ3) is 3.56. The van der Waals surface area contributed by atoms with Crippen LogP contribution in [-0.4, -0.2) is 31.1 Å². The van der Waals surface area contributed by atoms with Gasteiger partial charge in [-0.05, 0) is 35.9 Å². The predicted octanol–water partition coefficient (Wildman–Crippen LogP) is 3.00. The molecule has 0 aromatic heterocycles. The average Bonchev–Trinajstić information content (AvgIpc) is 2.63. The minimum Gasteiger partial charge on any atom is -0.367 e. The largest absolute Gasteiger partial charge is 0.367 e. The van der Waals surface area contributed by atoms with E-state index >= 15 is 0 Å². The van der Waals surface area contributed by atoms with E-state index < -0.39 is 0 Å². The third-order valence-corrected chi connectivity index (χ3v) is 4.32. The summed E-state index contributed by atoms with van der Waals surface area (Å²) in [6.07, 6.45) is 5.37. The van der Waals surface area contributed by atoms with Crippen LogP contribution in [0.4, 0.5) is 10.1 Å². The van der Waals surface area contributed by atoms with Crippen LogP contribution in [0.1, 0.15) is 16.7 Å². The van der Waals surface area contributed by atoms with E-state index in [1.54, 1.807) is 12.1 Å². The summed E-state index contributed by atoms with van der Waals surface area (Å²) in [7, 11) is 0. The van der Waals surface area contributed by atoms with Crippen LogP contribution in [0.3, 0.4) is 0 Å². The maximum Gasteiger partial charge on any atom is 0.147 e. The lowest BCUT2D eigenvalue weighted by atomic mass is 10.1. The summed E-state index contributed by atoms with van der Waals surface area (Å²) in [5, 5.41) is 8.82. The standard InChI is InChI=1S/C20H18FN3/c1-2-16-3-5-17(6-4-16)15-23-9-11-24(12-10-23)20-8-7-18(14-22)13-19(20)21/h1,3-8,13H,9-12,15H2. The summed E-state index contributed by atoms with van der Waals surface area (Å²) < 4.78 is 14.1. The molecule has 3 rings (SSSR count). The summed E-state index contributed by atoms with van der Waals surface area (Å²) >= 11 is 0. The summed E-state index contributed by atoms with van der Waals surface area (Å²) in [5.41, 5.74) is 3.05. The number of hydrogen-bond donors (Lipinski definition) is 0. The van der Waals surface area contributed by atoms with Crippen LogP contribution < -0.4 is 4.90 Å². The Morgan fingerprint density at radius 1 is 1.00 bits per heavy atom. The van der Waals surface area contributed by atoms with Crippen LogP contribution in [0, 0.1) is 29.5 Å². The second-order valence-corrected chi connectivity index (χ2v) is 5.88. The van der Waals surface area contributed by atoms with E-state index in [2.05, 4.69) is 23.0 Å². The molecule has 0 aliphatic carbocycles. The molecule has 1 saturated heterocycles. The lowest BCUT2D eigenvalue weighted by molar-refractivity contribution is 0.249. The lowest BCUT2D eigenvalue weighted by Crippen LogP contribution is -2.46. The topological polar surface area (TPSA) is 30.3 Å². The molecular formula is C20H18FN3. The maximum absolute atomic E-state index is 14.1. The zero-order valence-corrected chi connectivity index (χ0v) is 13.4. The molecule has 1 aliphatic rings. The fourth-order valence-electron chi connectivity index (χ4n) is 2.94. The highest BCUT2D eigenvalue weighted by Crippen LogP contribution is 2.22. The van der Waals surface area contributed by atoms with Gasteiger partial charge in [0.25, 0.3) is 0 Å². The van der Waals surface area contributed by atoms with Crippen molar-refractivity contribution in [3.05, 3.63) is 65.0 Å². The van der Waals surface area contributed by atoms with E-state index in [0.29, 0.717) is 11.3 Å². The summed E-state index contributed by atoms with van der Waals surface area (Å²) in [6.45, 7) is 4.15. The van der Waals surface area contributed by atoms with Crippen LogP contribution in [-0.2, 0) is 6.54 Å². The molecule has 24 heavy (non-hydrogen) atoms. The normalized spacial score (nSPS) is 14.9. The predicted molar refractivity (Wildman–Crippen MR) is 93.0 cm³/mol. The minimum atomic E-state index is -0.327. The molecule has 4 heteroatoms. The Kier molecular flexibility index (Phi) is 4.79. The van der Waals surface area contributed by atoms with Gasteiger partial charge in [-0.1, -0.05) is 18.1 Å². The van der Waals surface area contributed by atoms with Crippen LogP contribution in [0.25, 0.3) is 0 Å². The van der Waals surface area contributed by atoms with Gasteiger partial charge >= 0.3 is 0 Å². The van der Waals surface area contributed by atoms with Crippen LogP contribution in [0.15, 0.2) is 42.5 Å². The Morgan fingerprint density at radius 2 is 1.67 bits per heavy atom. The van der Waals surface area contributed by atoms with Crippen molar-refractivity contribution in [1.29, 1.82) is 5.26 Å². The van der Waals surface area contributed by atoms with Gasteiger partial charge in [-0.25, -0.2) is 4.39 Å². The molecule has 120 valence electrons. The highest BCUT2D eigenvalue weighted by Gasteiger charge is 2.19. The van der Waals surface area contributed by atoms with E-state index in [4.69, 9.17) is 11.7 Å². The number of halogens is 1. The molecule has 0 N–H and O–H groups in total. The maximum atomic E-state index is 14.1. The molecule has 0 atom stereocenters. The first-order chi connectivity index (χ1) is 11.7. The molecular weight excluding hydrogens is 301 g/mol. The van der Waals surface area contributed by atoms with Crippen molar-refractivity contribution in [3.8, 4) is 18.4 Å². The molecule has 2 aromatic carbocycles. The number of nitriles is 1. The van der Waals surface area contributed by atoms with Gasteiger partial charge in [0.15, 0.2) is 0 Å². The number of nitrogens with zero attached hydrogens (tertiary/aromatic N) is 3. The molecule has 0 radical (unpaired) electrons. The monoisotopic (exact) mass is 319 g/mol. The molecule has 0 unspecified atom stereocenters.